The third kappa shape index (κ3) is 10.9. The Balaban J connectivity index is 1.46. The second kappa shape index (κ2) is 20.3. The summed E-state index contributed by atoms with van der Waals surface area (Å²) >= 11 is 0. The van der Waals surface area contributed by atoms with E-state index >= 15 is 0 Å². The number of nitrogens with one attached hydrogen (secondary N) is 1. The molecule has 65 heavy (non-hydrogen) atoms. The molecule has 5 aromatic rings. The Labute approximate surface area is 379 Å². The van der Waals surface area contributed by atoms with Crippen LogP contribution in [0.1, 0.15) is 66.5 Å². The van der Waals surface area contributed by atoms with E-state index in [1.165, 1.54) is 13.3 Å². The Morgan fingerprint density at radius 1 is 0.846 bits per heavy atom. The molecule has 6 rings (SSSR count). The van der Waals surface area contributed by atoms with Crippen molar-refractivity contribution < 1.29 is 47.7 Å². The van der Waals surface area contributed by atoms with Crippen LogP contribution in [0.15, 0.2) is 120 Å². The maximum atomic E-state index is 14.0. The zero-order valence-corrected chi connectivity index (χ0v) is 38.7. The van der Waals surface area contributed by atoms with Crippen LogP contribution in [0.5, 0.6) is 11.5 Å². The van der Waals surface area contributed by atoms with Gasteiger partial charge in [0, 0.05) is 0 Å². The standard InChI is InChI=1S/C48H58N5O11P/c1-31(2)53(32(3)4)38(27-49)30-65(56,57,58)64-42-41(63-46(43(42)61-8)52-28-33(5)44(51-47(52)55)50-45(54)34-15-11-9-12-16-34)29-62-48(35-17-13-10-14-18-35,36-19-23-39(59-6)24-20-36)37-21-25-40(60-7)26-22-37/h9-26,28,31-32,38,41-43,46,56-58H,29-30H2,1-8H3,(H,50,51,54,55)/t38?,41-,42?,43?,46-/m1/s1. The van der Waals surface area contributed by atoms with E-state index in [2.05, 4.69) is 16.4 Å². The van der Waals surface area contributed by atoms with Crippen molar-refractivity contribution >= 4 is 19.2 Å². The van der Waals surface area contributed by atoms with E-state index in [1.807, 2.05) is 82.3 Å². The van der Waals surface area contributed by atoms with Gasteiger partial charge in [0.15, 0.2) is 0 Å². The molecular formula is C48H58N5O11P. The van der Waals surface area contributed by atoms with E-state index in [0.29, 0.717) is 39.3 Å². The molecule has 1 aliphatic rings. The summed E-state index contributed by atoms with van der Waals surface area (Å²) in [5.41, 5.74) is 0.588. The van der Waals surface area contributed by atoms with E-state index in [1.54, 1.807) is 80.6 Å². The summed E-state index contributed by atoms with van der Waals surface area (Å²) in [6, 6.07) is 33.1. The van der Waals surface area contributed by atoms with Gasteiger partial charge in [0.25, 0.3) is 0 Å². The van der Waals surface area contributed by atoms with Gasteiger partial charge in [-0.05, 0) is 0 Å². The number of nitriles is 1. The van der Waals surface area contributed by atoms with Crippen LogP contribution in [-0.4, -0.2) is 106 Å². The molecule has 17 heteroatoms. The van der Waals surface area contributed by atoms with E-state index in [9.17, 15) is 29.5 Å². The normalized spacial score (nSPS) is 18.8. The van der Waals surface area contributed by atoms with Crippen LogP contribution in [0.2, 0.25) is 0 Å². The SMILES string of the molecule is COc1ccc(C(OC[C@H]2O[C@@H](n3cc(C)c(NC(=O)c4ccccc4)nc3=O)C(OC)C2OP(O)(O)(O)CC(C#N)N(C(C)C)C(C)C)(c2ccccc2)c2ccc(OC)cc2)cc1. The van der Waals surface area contributed by atoms with Gasteiger partial charge < -0.3 is 0 Å². The van der Waals surface area contributed by atoms with Gasteiger partial charge in [0.1, 0.15) is 0 Å². The molecule has 0 aliphatic carbocycles. The zero-order chi connectivity index (χ0) is 47.1. The number of aromatic nitrogens is 2. The fourth-order valence-electron chi connectivity index (χ4n) is 8.48. The molecule has 4 aromatic carbocycles. The third-order valence-electron chi connectivity index (χ3n) is 11.4. The maximum absolute atomic E-state index is 14.0. The monoisotopic (exact) mass is 911 g/mol. The minimum atomic E-state index is -6.27. The number of benzene rings is 4. The Morgan fingerprint density at radius 2 is 1.37 bits per heavy atom. The molecular weight excluding hydrogens is 854 g/mol. The zero-order valence-electron chi connectivity index (χ0n) is 37.8. The van der Waals surface area contributed by atoms with E-state index in [0.717, 1.165) is 4.57 Å². The molecule has 0 radical (unpaired) electrons. The van der Waals surface area contributed by atoms with Crippen LogP contribution in [0.3, 0.4) is 0 Å². The number of nitrogens with zero attached hydrogens (tertiary/aromatic N) is 4. The van der Waals surface area contributed by atoms with Crippen LogP contribution >= 0.6 is 7.51 Å². The molecule has 1 fully saturated rings. The van der Waals surface area contributed by atoms with Crippen molar-refractivity contribution in [1.82, 2.24) is 14.5 Å². The number of hydrogen-bond donors (Lipinski definition) is 4. The second-order valence-corrected chi connectivity index (χ2v) is 19.2. The first kappa shape index (κ1) is 48.9. The predicted octanol–water partition coefficient (Wildman–Crippen LogP) is 6.33. The summed E-state index contributed by atoms with van der Waals surface area (Å²) in [6.07, 6.45) is -4.95. The molecule has 1 saturated heterocycles. The van der Waals surface area contributed by atoms with Crippen molar-refractivity contribution in [3.8, 4) is 17.6 Å². The average Bonchev–Trinajstić information content (AvgIpc) is 3.62. The van der Waals surface area contributed by atoms with Crippen molar-refractivity contribution in [2.45, 2.75) is 82.9 Å². The molecule has 1 aromatic heterocycles. The van der Waals surface area contributed by atoms with Gasteiger partial charge in [-0.15, -0.1) is 0 Å². The Hall–Kier alpha value is -5.57. The van der Waals surface area contributed by atoms with Crippen molar-refractivity contribution in [1.29, 1.82) is 5.26 Å². The van der Waals surface area contributed by atoms with Gasteiger partial charge in [-0.25, -0.2) is 0 Å². The molecule has 1 amide bonds. The number of aryl methyl sites for hydroxylation is 1. The van der Waals surface area contributed by atoms with Gasteiger partial charge in [-0.3, -0.25) is 0 Å². The summed E-state index contributed by atoms with van der Waals surface area (Å²) in [5.74, 6) is 0.747. The first-order valence-electron chi connectivity index (χ1n) is 21.2. The summed E-state index contributed by atoms with van der Waals surface area (Å²) in [7, 11) is -1.82. The molecule has 0 bridgehead atoms. The second-order valence-electron chi connectivity index (χ2n) is 16.5. The number of methoxy groups -OCH3 is 3. The Bertz CT molecular complexity index is 2420. The number of rotatable bonds is 19. The van der Waals surface area contributed by atoms with Crippen LogP contribution in [-0.2, 0) is 24.3 Å². The minimum absolute atomic E-state index is 0.0137. The van der Waals surface area contributed by atoms with E-state index in [4.69, 9.17) is 28.2 Å². The van der Waals surface area contributed by atoms with E-state index < -0.39 is 61.5 Å². The van der Waals surface area contributed by atoms with E-state index in [-0.39, 0.29) is 24.5 Å². The number of amides is 1. The van der Waals surface area contributed by atoms with Crippen LogP contribution < -0.4 is 20.5 Å². The summed E-state index contributed by atoms with van der Waals surface area (Å²) in [4.78, 5) is 68.6. The fourth-order valence-corrected chi connectivity index (χ4v) is 10.2. The first-order valence-corrected chi connectivity index (χ1v) is 23.4. The van der Waals surface area contributed by atoms with Gasteiger partial charge in [-0.2, -0.15) is 0 Å². The number of anilines is 1. The molecule has 16 nitrogen and oxygen atoms in total. The summed E-state index contributed by atoms with van der Waals surface area (Å²) in [5, 5.41) is 13.0. The molecule has 0 saturated carbocycles. The molecule has 2 heterocycles. The quantitative estimate of drug-likeness (QED) is 0.0528. The Morgan fingerprint density at radius 3 is 1.86 bits per heavy atom. The third-order valence-corrected chi connectivity index (χ3v) is 13.1. The number of ether oxygens (including phenoxy) is 5. The van der Waals surface area contributed by atoms with Crippen LogP contribution in [0.25, 0.3) is 0 Å². The van der Waals surface area contributed by atoms with Gasteiger partial charge >= 0.3 is 362 Å². The molecule has 4 N–H and O–H groups in total. The summed E-state index contributed by atoms with van der Waals surface area (Å²) < 4.78 is 38.0. The van der Waals surface area contributed by atoms with Crippen molar-refractivity contribution in [2.24, 2.45) is 0 Å². The number of hydrogen-bond acceptors (Lipinski definition) is 14. The van der Waals surface area contributed by atoms with Crippen molar-refractivity contribution in [3.63, 3.8) is 0 Å². The Kier molecular flexibility index (Phi) is 15.3. The topological polar surface area (TPSA) is 207 Å². The number of carbonyl (C=O) groups is 1. The van der Waals surface area contributed by atoms with Crippen LogP contribution in [0, 0.1) is 18.3 Å². The summed E-state index contributed by atoms with van der Waals surface area (Å²) in [6.45, 7) is 8.70. The van der Waals surface area contributed by atoms with Crippen molar-refractivity contribution in [2.75, 3.05) is 39.4 Å². The molecule has 346 valence electrons. The fraction of sp³-hybridized carbons (Fsp3) is 0.375. The van der Waals surface area contributed by atoms with Crippen LogP contribution in [0.4, 0.5) is 5.82 Å². The van der Waals surface area contributed by atoms with Gasteiger partial charge in [0.2, 0.25) is 0 Å². The van der Waals surface area contributed by atoms with Gasteiger partial charge in [-0.1, -0.05) is 18.2 Å². The molecule has 0 spiro atoms. The molecule has 5 atom stereocenters. The van der Waals surface area contributed by atoms with Crippen molar-refractivity contribution in [3.05, 3.63) is 154 Å². The predicted molar refractivity (Wildman–Crippen MR) is 245 cm³/mol. The molecule has 3 unspecified atom stereocenters. The molecule has 1 aliphatic heterocycles. The number of carbonyl (C=O) groups excluding carboxylic acids is 1. The average molecular weight is 912 g/mol. The first-order chi connectivity index (χ1) is 30.9. The van der Waals surface area contributed by atoms with Gasteiger partial charge in [0.05, 0.1) is 0 Å².